The van der Waals surface area contributed by atoms with E-state index in [0.717, 1.165) is 21.8 Å². The third-order valence-electron chi connectivity index (χ3n) is 3.77. The van der Waals surface area contributed by atoms with Gasteiger partial charge in [-0.2, -0.15) is 0 Å². The Morgan fingerprint density at radius 2 is 1.96 bits per heavy atom. The molecule has 0 aliphatic heterocycles. The van der Waals surface area contributed by atoms with E-state index >= 15 is 0 Å². The highest BCUT2D eigenvalue weighted by Crippen LogP contribution is 2.33. The first-order valence-electron chi connectivity index (χ1n) is 7.86. The smallest absolute Gasteiger partial charge is 0.291 e. The second kappa shape index (κ2) is 7.15. The molecule has 0 fully saturated rings. The molecule has 0 unspecified atom stereocenters. The van der Waals surface area contributed by atoms with Crippen LogP contribution in [0.4, 0.5) is 5.69 Å². The summed E-state index contributed by atoms with van der Waals surface area (Å²) in [4.78, 5) is 16.8. The van der Waals surface area contributed by atoms with Gasteiger partial charge in [0.25, 0.3) is 5.91 Å². The molecule has 4 rings (SSSR count). The summed E-state index contributed by atoms with van der Waals surface area (Å²) in [5, 5.41) is 6.33. The van der Waals surface area contributed by atoms with Gasteiger partial charge in [0.05, 0.1) is 17.0 Å². The normalized spacial score (nSPS) is 10.7. The molecule has 1 N–H and O–H groups in total. The van der Waals surface area contributed by atoms with Gasteiger partial charge in [0.2, 0.25) is 0 Å². The molecule has 26 heavy (non-hydrogen) atoms. The van der Waals surface area contributed by atoms with Crippen LogP contribution in [0.5, 0.6) is 0 Å². The highest BCUT2D eigenvalue weighted by molar-refractivity contribution is 7.13. The molecule has 0 saturated carbocycles. The minimum atomic E-state index is -0.290. The molecule has 0 radical (unpaired) electrons. The summed E-state index contributed by atoms with van der Waals surface area (Å²) >= 11 is 7.79. The number of aromatic nitrogens is 1. The second-order valence-electron chi connectivity index (χ2n) is 5.53. The van der Waals surface area contributed by atoms with Gasteiger partial charge < -0.3 is 9.73 Å². The van der Waals surface area contributed by atoms with E-state index in [4.69, 9.17) is 16.0 Å². The molecule has 0 spiro atoms. The molecular formula is C20H13ClN2O2S. The molecule has 0 bridgehead atoms. The van der Waals surface area contributed by atoms with Gasteiger partial charge in [0, 0.05) is 22.2 Å². The summed E-state index contributed by atoms with van der Waals surface area (Å²) in [7, 11) is 0. The van der Waals surface area contributed by atoms with Crippen LogP contribution < -0.4 is 5.32 Å². The van der Waals surface area contributed by atoms with Gasteiger partial charge in [-0.05, 0) is 30.3 Å². The molecule has 2 heterocycles. The number of rotatable bonds is 4. The zero-order chi connectivity index (χ0) is 17.9. The number of thiazole rings is 1. The number of benzene rings is 2. The van der Waals surface area contributed by atoms with Crippen molar-refractivity contribution in [2.24, 2.45) is 0 Å². The summed E-state index contributed by atoms with van der Waals surface area (Å²) < 4.78 is 5.11. The van der Waals surface area contributed by atoms with Crippen molar-refractivity contribution in [3.05, 3.63) is 83.1 Å². The highest BCUT2D eigenvalue weighted by atomic mass is 35.5. The monoisotopic (exact) mass is 380 g/mol. The fourth-order valence-corrected chi connectivity index (χ4v) is 3.67. The summed E-state index contributed by atoms with van der Waals surface area (Å²) in [6.45, 7) is 0. The third-order valence-corrected chi connectivity index (χ3v) is 4.97. The predicted molar refractivity (Wildman–Crippen MR) is 105 cm³/mol. The third kappa shape index (κ3) is 3.40. The van der Waals surface area contributed by atoms with E-state index in [9.17, 15) is 4.79 Å². The number of hydrogen-bond acceptors (Lipinski definition) is 4. The molecule has 128 valence electrons. The maximum absolute atomic E-state index is 12.1. The van der Waals surface area contributed by atoms with Gasteiger partial charge in [-0.3, -0.25) is 4.79 Å². The summed E-state index contributed by atoms with van der Waals surface area (Å²) in [5.74, 6) is -0.0211. The van der Waals surface area contributed by atoms with Crippen LogP contribution >= 0.6 is 22.9 Å². The Labute approximate surface area is 159 Å². The van der Waals surface area contributed by atoms with E-state index in [1.54, 1.807) is 12.1 Å². The highest BCUT2D eigenvalue weighted by Gasteiger charge is 2.12. The Balaban J connectivity index is 1.59. The molecule has 1 amide bonds. The van der Waals surface area contributed by atoms with Crippen molar-refractivity contribution >= 4 is 34.5 Å². The molecule has 0 aliphatic rings. The number of amides is 1. The van der Waals surface area contributed by atoms with Crippen LogP contribution in [0.2, 0.25) is 5.02 Å². The van der Waals surface area contributed by atoms with Gasteiger partial charge in [0.1, 0.15) is 5.01 Å². The average Bonchev–Trinajstić information content (AvgIpc) is 3.35. The lowest BCUT2D eigenvalue weighted by Crippen LogP contribution is -2.10. The Hall–Kier alpha value is -2.89. The molecule has 6 heteroatoms. The number of furan rings is 1. The van der Waals surface area contributed by atoms with Crippen LogP contribution in [0.3, 0.4) is 0 Å². The van der Waals surface area contributed by atoms with E-state index in [1.165, 1.54) is 17.6 Å². The largest absolute Gasteiger partial charge is 0.459 e. The zero-order valence-electron chi connectivity index (χ0n) is 13.5. The van der Waals surface area contributed by atoms with Gasteiger partial charge in [0.15, 0.2) is 5.76 Å². The maximum Gasteiger partial charge on any atom is 0.291 e. The number of halogens is 1. The van der Waals surface area contributed by atoms with Crippen LogP contribution in [0.15, 0.2) is 76.7 Å². The van der Waals surface area contributed by atoms with E-state index in [0.29, 0.717) is 10.7 Å². The second-order valence-corrected chi connectivity index (χ2v) is 6.80. The van der Waals surface area contributed by atoms with Crippen molar-refractivity contribution in [1.82, 2.24) is 4.98 Å². The number of carbonyl (C=O) groups is 1. The topological polar surface area (TPSA) is 55.1 Å². The average molecular weight is 381 g/mol. The summed E-state index contributed by atoms with van der Waals surface area (Å²) in [5.41, 5.74) is 3.33. The Morgan fingerprint density at radius 3 is 2.77 bits per heavy atom. The number of anilines is 1. The van der Waals surface area contributed by atoms with Crippen molar-refractivity contribution in [1.29, 1.82) is 0 Å². The molecule has 2 aromatic heterocycles. The zero-order valence-corrected chi connectivity index (χ0v) is 15.1. The number of carbonyl (C=O) groups excluding carboxylic acids is 1. The van der Waals surface area contributed by atoms with E-state index < -0.39 is 0 Å². The van der Waals surface area contributed by atoms with Crippen LogP contribution in [0.25, 0.3) is 21.8 Å². The first-order chi connectivity index (χ1) is 12.7. The fraction of sp³-hybridized carbons (Fsp3) is 0. The lowest BCUT2D eigenvalue weighted by atomic mass is 10.1. The van der Waals surface area contributed by atoms with Crippen molar-refractivity contribution in [3.8, 4) is 21.8 Å². The van der Waals surface area contributed by atoms with Crippen molar-refractivity contribution in [2.75, 3.05) is 5.32 Å². The van der Waals surface area contributed by atoms with Gasteiger partial charge in [-0.1, -0.05) is 41.9 Å². The minimum absolute atomic E-state index is 0.269. The molecule has 2 aromatic carbocycles. The Bertz CT molecular complexity index is 1060. The van der Waals surface area contributed by atoms with Crippen LogP contribution in [0, 0.1) is 0 Å². The van der Waals surface area contributed by atoms with Crippen LogP contribution in [-0.2, 0) is 0 Å². The lowest BCUT2D eigenvalue weighted by Gasteiger charge is -2.05. The summed E-state index contributed by atoms with van der Waals surface area (Å²) in [6, 6.07) is 18.5. The quantitative estimate of drug-likeness (QED) is 0.474. The van der Waals surface area contributed by atoms with Gasteiger partial charge in [-0.15, -0.1) is 11.3 Å². The Morgan fingerprint density at radius 1 is 1.08 bits per heavy atom. The Kier molecular flexibility index (Phi) is 4.56. The van der Waals surface area contributed by atoms with Crippen molar-refractivity contribution in [2.45, 2.75) is 0 Å². The molecule has 0 aliphatic carbocycles. The van der Waals surface area contributed by atoms with E-state index in [1.807, 2.05) is 53.9 Å². The van der Waals surface area contributed by atoms with Crippen LogP contribution in [-0.4, -0.2) is 10.9 Å². The SMILES string of the molecule is O=C(Nc1cccc(-c2csc(-c3ccccc3Cl)n2)c1)c1ccco1. The van der Waals surface area contributed by atoms with Gasteiger partial charge in [-0.25, -0.2) is 4.98 Å². The standard InChI is InChI=1S/C20H13ClN2O2S/c21-16-8-2-1-7-15(16)20-23-17(12-26-20)13-5-3-6-14(11-13)22-19(24)18-9-4-10-25-18/h1-12H,(H,22,24). The lowest BCUT2D eigenvalue weighted by molar-refractivity contribution is 0.0996. The fourth-order valence-electron chi connectivity index (χ4n) is 2.52. The van der Waals surface area contributed by atoms with E-state index in [2.05, 4.69) is 10.3 Å². The minimum Gasteiger partial charge on any atom is -0.459 e. The van der Waals surface area contributed by atoms with Gasteiger partial charge >= 0.3 is 0 Å². The molecule has 4 aromatic rings. The first kappa shape index (κ1) is 16.6. The van der Waals surface area contributed by atoms with E-state index in [-0.39, 0.29) is 11.7 Å². The van der Waals surface area contributed by atoms with Crippen molar-refractivity contribution < 1.29 is 9.21 Å². The molecule has 0 atom stereocenters. The summed E-state index contributed by atoms with van der Waals surface area (Å²) in [6.07, 6.45) is 1.47. The first-order valence-corrected chi connectivity index (χ1v) is 9.12. The number of nitrogens with zero attached hydrogens (tertiary/aromatic N) is 1. The molecule has 4 nitrogen and oxygen atoms in total. The molecule has 0 saturated heterocycles. The number of nitrogens with one attached hydrogen (secondary N) is 1. The van der Waals surface area contributed by atoms with Crippen molar-refractivity contribution in [3.63, 3.8) is 0 Å². The van der Waals surface area contributed by atoms with Crippen LogP contribution in [0.1, 0.15) is 10.6 Å². The number of hydrogen-bond donors (Lipinski definition) is 1. The predicted octanol–water partition coefficient (Wildman–Crippen LogP) is 5.98. The maximum atomic E-state index is 12.1. The molecular weight excluding hydrogens is 368 g/mol.